The van der Waals surface area contributed by atoms with Crippen LogP contribution in [0, 0.1) is 0 Å². The van der Waals surface area contributed by atoms with Gasteiger partial charge in [-0.15, -0.1) is 0 Å². The van der Waals surface area contributed by atoms with E-state index < -0.39 is 10.6 Å². The summed E-state index contributed by atoms with van der Waals surface area (Å²) in [6, 6.07) is 0. The summed E-state index contributed by atoms with van der Waals surface area (Å²) in [5.41, 5.74) is 0. The van der Waals surface area contributed by atoms with Crippen molar-refractivity contribution in [2.24, 2.45) is 0 Å². The molecule has 0 aromatic rings. The smallest absolute Gasteiger partial charge is 0.373 e. The summed E-state index contributed by atoms with van der Waals surface area (Å²) in [4.78, 5) is 9.38. The van der Waals surface area contributed by atoms with Gasteiger partial charge in [0.05, 0.1) is 0 Å². The predicted octanol–water partition coefficient (Wildman–Crippen LogP) is 1.17. The quantitative estimate of drug-likeness (QED) is 0.565. The first kappa shape index (κ1) is 6.98. The van der Waals surface area contributed by atoms with Crippen LogP contribution in [0.3, 0.4) is 0 Å². The van der Waals surface area contributed by atoms with Crippen LogP contribution < -0.4 is 0 Å². The second kappa shape index (κ2) is 1.84. The Bertz CT molecular complexity index is 86.2. The van der Waals surface area contributed by atoms with Crippen LogP contribution in [0.1, 0.15) is 0 Å². The van der Waals surface area contributed by atoms with Crippen molar-refractivity contribution in [3.8, 4) is 0 Å². The zero-order chi connectivity index (χ0) is 6.08. The summed E-state index contributed by atoms with van der Waals surface area (Å²) in [5.74, 6) is -1.89. The maximum atomic E-state index is 11.4. The predicted molar refractivity (Wildman–Crippen MR) is 23.2 cm³/mol. The van der Waals surface area contributed by atoms with Crippen molar-refractivity contribution in [2.75, 3.05) is 0 Å². The molecular formula is C2HCl2FO2. The van der Waals surface area contributed by atoms with Gasteiger partial charge in [-0.1, -0.05) is 23.2 Å². The summed E-state index contributed by atoms with van der Waals surface area (Å²) in [6.07, 6.45) is 0. The fourth-order valence-corrected chi connectivity index (χ4v) is 0. The molecule has 0 bridgehead atoms. The molecule has 0 fully saturated rings. The van der Waals surface area contributed by atoms with Crippen molar-refractivity contribution in [3.63, 3.8) is 0 Å². The summed E-state index contributed by atoms with van der Waals surface area (Å²) in [6.45, 7) is 0. The lowest BCUT2D eigenvalue weighted by Crippen LogP contribution is -2.18. The molecule has 5 heteroatoms. The Kier molecular flexibility index (Phi) is 1.83. The van der Waals surface area contributed by atoms with E-state index >= 15 is 0 Å². The van der Waals surface area contributed by atoms with Gasteiger partial charge in [-0.3, -0.25) is 0 Å². The highest BCUT2D eigenvalue weighted by molar-refractivity contribution is 6.55. The van der Waals surface area contributed by atoms with Gasteiger partial charge in [-0.05, 0) is 0 Å². The van der Waals surface area contributed by atoms with Crippen LogP contribution >= 0.6 is 23.2 Å². The first-order valence-electron chi connectivity index (χ1n) is 1.24. The molecule has 42 valence electrons. The van der Waals surface area contributed by atoms with Gasteiger partial charge >= 0.3 is 10.6 Å². The topological polar surface area (TPSA) is 37.3 Å². The van der Waals surface area contributed by atoms with Gasteiger partial charge in [-0.25, -0.2) is 4.79 Å². The average Bonchev–Trinajstić information content (AvgIpc) is 1.31. The maximum absolute atomic E-state index is 11.4. The highest BCUT2D eigenvalue weighted by atomic mass is 35.5. The Hall–Kier alpha value is -0.0200. The number of hydrogen-bond acceptors (Lipinski definition) is 1. The van der Waals surface area contributed by atoms with E-state index in [2.05, 4.69) is 23.2 Å². The molecular weight excluding hydrogens is 146 g/mol. The number of halogens is 3. The summed E-state index contributed by atoms with van der Waals surface area (Å²) < 4.78 is 8.30. The van der Waals surface area contributed by atoms with Crippen LogP contribution in [0.25, 0.3) is 0 Å². The molecule has 0 saturated carbocycles. The zero-order valence-electron chi connectivity index (χ0n) is 2.99. The van der Waals surface area contributed by atoms with Crippen LogP contribution in [0.4, 0.5) is 4.39 Å². The minimum absolute atomic E-state index is 1.89. The Balaban J connectivity index is 3.79. The number of aliphatic carboxylic acids is 1. The van der Waals surface area contributed by atoms with Crippen LogP contribution in [-0.2, 0) is 4.79 Å². The van der Waals surface area contributed by atoms with Crippen molar-refractivity contribution in [1.82, 2.24) is 0 Å². The Labute approximate surface area is 48.8 Å². The molecule has 0 aliphatic carbocycles. The number of carbonyl (C=O) groups is 1. The van der Waals surface area contributed by atoms with E-state index in [4.69, 9.17) is 5.11 Å². The van der Waals surface area contributed by atoms with Gasteiger partial charge in [0.1, 0.15) is 0 Å². The van der Waals surface area contributed by atoms with Crippen molar-refractivity contribution >= 4 is 29.2 Å². The number of carboxylic acids is 1. The fourth-order valence-electron chi connectivity index (χ4n) is 0. The molecule has 0 unspecified atom stereocenters. The summed E-state index contributed by atoms with van der Waals surface area (Å²) >= 11 is 8.73. The van der Waals surface area contributed by atoms with E-state index in [9.17, 15) is 9.18 Å². The lowest BCUT2D eigenvalue weighted by molar-refractivity contribution is -0.141. The van der Waals surface area contributed by atoms with Crippen LogP contribution in [0.5, 0.6) is 0 Å². The van der Waals surface area contributed by atoms with E-state index in [0.29, 0.717) is 0 Å². The third-order valence-electron chi connectivity index (χ3n) is 0.243. The lowest BCUT2D eigenvalue weighted by atomic mass is 10.8. The number of rotatable bonds is 1. The molecule has 0 heterocycles. The maximum Gasteiger partial charge on any atom is 0.373 e. The molecule has 0 aliphatic rings. The van der Waals surface area contributed by atoms with E-state index in [0.717, 1.165) is 0 Å². The third kappa shape index (κ3) is 2.65. The highest BCUT2D eigenvalue weighted by Gasteiger charge is 2.32. The van der Waals surface area contributed by atoms with Crippen molar-refractivity contribution in [2.45, 2.75) is 4.59 Å². The van der Waals surface area contributed by atoms with E-state index in [1.54, 1.807) is 0 Å². The monoisotopic (exact) mass is 146 g/mol. The van der Waals surface area contributed by atoms with Gasteiger partial charge < -0.3 is 5.11 Å². The van der Waals surface area contributed by atoms with Crippen LogP contribution in [0.2, 0.25) is 0 Å². The molecule has 0 saturated heterocycles. The third-order valence-corrected chi connectivity index (χ3v) is 0.566. The van der Waals surface area contributed by atoms with Crippen LogP contribution in [-0.4, -0.2) is 15.7 Å². The van der Waals surface area contributed by atoms with Gasteiger partial charge in [0.2, 0.25) is 0 Å². The second-order valence-electron chi connectivity index (χ2n) is 0.803. The van der Waals surface area contributed by atoms with Crippen molar-refractivity contribution < 1.29 is 14.3 Å². The van der Waals surface area contributed by atoms with Crippen molar-refractivity contribution in [3.05, 3.63) is 0 Å². The van der Waals surface area contributed by atoms with Gasteiger partial charge in [0, 0.05) is 0 Å². The normalized spacial score (nSPS) is 11.3. The SMILES string of the molecule is O=C(O)C(F)(Cl)Cl. The molecule has 1 N–H and O–H groups in total. The molecule has 0 rings (SSSR count). The van der Waals surface area contributed by atoms with Crippen molar-refractivity contribution in [1.29, 1.82) is 0 Å². The molecule has 0 aromatic carbocycles. The van der Waals surface area contributed by atoms with Gasteiger partial charge in [-0.2, -0.15) is 4.39 Å². The largest absolute Gasteiger partial charge is 0.477 e. The molecule has 0 radical (unpaired) electrons. The summed E-state index contributed by atoms with van der Waals surface area (Å²) in [7, 11) is 0. The standard InChI is InChI=1S/C2HCl2FO2/c3-2(4,5)1(6)7/h(H,6,7). The minimum Gasteiger partial charge on any atom is -0.477 e. The fraction of sp³-hybridized carbons (Fsp3) is 0.500. The van der Waals surface area contributed by atoms with E-state index in [1.165, 1.54) is 0 Å². The second-order valence-corrected chi connectivity index (χ2v) is 2.04. The highest BCUT2D eigenvalue weighted by Crippen LogP contribution is 2.21. The number of alkyl halides is 3. The Morgan fingerprint density at radius 2 is 1.86 bits per heavy atom. The van der Waals surface area contributed by atoms with E-state index in [-0.39, 0.29) is 0 Å². The van der Waals surface area contributed by atoms with E-state index in [1.807, 2.05) is 0 Å². The molecule has 2 nitrogen and oxygen atoms in total. The molecule has 7 heavy (non-hydrogen) atoms. The van der Waals surface area contributed by atoms with Crippen LogP contribution in [0.15, 0.2) is 0 Å². The first-order chi connectivity index (χ1) is 2.94. The number of hydrogen-bond donors (Lipinski definition) is 1. The zero-order valence-corrected chi connectivity index (χ0v) is 4.50. The molecule has 0 aliphatic heterocycles. The minimum atomic E-state index is -3.14. The molecule has 0 aromatic heterocycles. The lowest BCUT2D eigenvalue weighted by Gasteiger charge is -1.97. The first-order valence-corrected chi connectivity index (χ1v) is 2.00. The summed E-state index contributed by atoms with van der Waals surface area (Å²) in [5, 5.41) is 7.61. The Morgan fingerprint density at radius 1 is 1.71 bits per heavy atom. The average molecular weight is 147 g/mol. The van der Waals surface area contributed by atoms with Gasteiger partial charge in [0.15, 0.2) is 0 Å². The number of carboxylic acid groups (broad SMARTS) is 1. The van der Waals surface area contributed by atoms with Gasteiger partial charge in [0.25, 0.3) is 0 Å². The Morgan fingerprint density at radius 3 is 1.86 bits per heavy atom. The molecule has 0 amide bonds. The molecule has 0 spiro atoms. The molecule has 0 atom stereocenters.